The van der Waals surface area contributed by atoms with Crippen molar-refractivity contribution in [2.75, 3.05) is 37.3 Å². The number of sulfonamides is 1. The molecule has 0 radical (unpaired) electrons. The molecule has 0 amide bonds. The standard InChI is InChI=1S/C16H26BN3O4S/c1-15(2)16(3,4)24-17(23-15)13-7-6-8-18-14(13)19-9-11-20(12-10-19)25(5,21)22/h6-8H,9-12H2,1-5H3. The fourth-order valence-corrected chi connectivity index (χ4v) is 3.89. The molecule has 0 unspecified atom stereocenters. The number of anilines is 1. The lowest BCUT2D eigenvalue weighted by molar-refractivity contribution is 0.00578. The van der Waals surface area contributed by atoms with Gasteiger partial charge < -0.3 is 14.2 Å². The number of aromatic nitrogens is 1. The van der Waals surface area contributed by atoms with Gasteiger partial charge in [-0.2, -0.15) is 4.31 Å². The smallest absolute Gasteiger partial charge is 0.399 e. The molecular weight excluding hydrogens is 341 g/mol. The number of hydrogen-bond donors (Lipinski definition) is 0. The first-order valence-corrected chi connectivity index (χ1v) is 10.4. The van der Waals surface area contributed by atoms with E-state index >= 15 is 0 Å². The van der Waals surface area contributed by atoms with Crippen LogP contribution in [0.4, 0.5) is 5.82 Å². The minimum Gasteiger partial charge on any atom is -0.399 e. The first-order chi connectivity index (χ1) is 11.5. The van der Waals surface area contributed by atoms with E-state index in [0.29, 0.717) is 26.2 Å². The quantitative estimate of drug-likeness (QED) is 0.723. The second-order valence-corrected chi connectivity index (χ2v) is 9.64. The van der Waals surface area contributed by atoms with Gasteiger partial charge in [-0.3, -0.25) is 0 Å². The maximum Gasteiger partial charge on any atom is 0.498 e. The van der Waals surface area contributed by atoms with Crippen LogP contribution < -0.4 is 10.4 Å². The zero-order valence-corrected chi connectivity index (χ0v) is 16.3. The van der Waals surface area contributed by atoms with Crippen molar-refractivity contribution in [1.82, 2.24) is 9.29 Å². The summed E-state index contributed by atoms with van der Waals surface area (Å²) in [6.07, 6.45) is 2.99. The van der Waals surface area contributed by atoms with Crippen LogP contribution in [0.1, 0.15) is 27.7 Å². The molecule has 0 saturated carbocycles. The van der Waals surface area contributed by atoms with E-state index in [1.807, 2.05) is 39.8 Å². The number of pyridine rings is 1. The molecule has 1 aromatic heterocycles. The molecule has 3 rings (SSSR count). The number of rotatable bonds is 3. The third-order valence-electron chi connectivity index (χ3n) is 5.33. The van der Waals surface area contributed by atoms with Crippen molar-refractivity contribution in [3.05, 3.63) is 18.3 Å². The molecular formula is C16H26BN3O4S. The highest BCUT2D eigenvalue weighted by atomic mass is 32.2. The summed E-state index contributed by atoms with van der Waals surface area (Å²) in [5, 5.41) is 0. The van der Waals surface area contributed by atoms with E-state index in [1.165, 1.54) is 10.6 Å². The van der Waals surface area contributed by atoms with Gasteiger partial charge in [-0.25, -0.2) is 13.4 Å². The Morgan fingerprint density at radius 2 is 1.64 bits per heavy atom. The average Bonchev–Trinajstić information content (AvgIpc) is 2.75. The Balaban J connectivity index is 1.82. The van der Waals surface area contributed by atoms with Crippen LogP contribution in [-0.2, 0) is 19.3 Å². The molecule has 0 N–H and O–H groups in total. The third kappa shape index (κ3) is 3.55. The molecule has 2 fully saturated rings. The van der Waals surface area contributed by atoms with Gasteiger partial charge in [0.2, 0.25) is 10.0 Å². The molecule has 2 aliphatic heterocycles. The van der Waals surface area contributed by atoms with Crippen molar-refractivity contribution in [2.24, 2.45) is 0 Å². The molecule has 9 heteroatoms. The van der Waals surface area contributed by atoms with Crippen LogP contribution in [0, 0.1) is 0 Å². The van der Waals surface area contributed by atoms with Crippen molar-refractivity contribution in [1.29, 1.82) is 0 Å². The van der Waals surface area contributed by atoms with Gasteiger partial charge in [0.25, 0.3) is 0 Å². The second-order valence-electron chi connectivity index (χ2n) is 7.65. The van der Waals surface area contributed by atoms with Gasteiger partial charge in [0.15, 0.2) is 0 Å². The van der Waals surface area contributed by atoms with Gasteiger partial charge in [-0.1, -0.05) is 6.07 Å². The van der Waals surface area contributed by atoms with Crippen LogP contribution in [0.5, 0.6) is 0 Å². The van der Waals surface area contributed by atoms with E-state index in [-0.39, 0.29) is 0 Å². The molecule has 0 aromatic carbocycles. The minimum absolute atomic E-state index is 0.417. The monoisotopic (exact) mass is 367 g/mol. The van der Waals surface area contributed by atoms with E-state index in [2.05, 4.69) is 9.88 Å². The summed E-state index contributed by atoms with van der Waals surface area (Å²) < 4.78 is 37.2. The fraction of sp³-hybridized carbons (Fsp3) is 0.688. The Morgan fingerprint density at radius 3 is 2.16 bits per heavy atom. The second kappa shape index (κ2) is 6.23. The van der Waals surface area contributed by atoms with E-state index < -0.39 is 28.3 Å². The lowest BCUT2D eigenvalue weighted by Gasteiger charge is -2.35. The summed E-state index contributed by atoms with van der Waals surface area (Å²) in [7, 11) is -3.64. The third-order valence-corrected chi connectivity index (χ3v) is 6.63. The maximum absolute atomic E-state index is 11.7. The normalized spacial score (nSPS) is 23.9. The van der Waals surface area contributed by atoms with Gasteiger partial charge in [0.05, 0.1) is 17.5 Å². The molecule has 3 heterocycles. The van der Waals surface area contributed by atoms with E-state index in [1.54, 1.807) is 6.20 Å². The lowest BCUT2D eigenvalue weighted by atomic mass is 9.79. The average molecular weight is 367 g/mol. The van der Waals surface area contributed by atoms with Gasteiger partial charge >= 0.3 is 7.12 Å². The largest absolute Gasteiger partial charge is 0.498 e. The van der Waals surface area contributed by atoms with Crippen molar-refractivity contribution < 1.29 is 17.7 Å². The molecule has 0 atom stereocenters. The molecule has 2 saturated heterocycles. The SMILES string of the molecule is CC1(C)OB(c2cccnc2N2CCN(S(C)(=O)=O)CC2)OC1(C)C. The Kier molecular flexibility index (Phi) is 4.64. The first kappa shape index (κ1) is 18.6. The molecule has 0 aliphatic carbocycles. The van der Waals surface area contributed by atoms with Crippen LogP contribution in [-0.4, -0.2) is 68.5 Å². The van der Waals surface area contributed by atoms with E-state index in [9.17, 15) is 8.42 Å². The van der Waals surface area contributed by atoms with Crippen LogP contribution in [0.15, 0.2) is 18.3 Å². The fourth-order valence-electron chi connectivity index (χ4n) is 3.06. The van der Waals surface area contributed by atoms with Crippen LogP contribution in [0.25, 0.3) is 0 Å². The first-order valence-electron chi connectivity index (χ1n) is 8.52. The summed E-state index contributed by atoms with van der Waals surface area (Å²) in [5.41, 5.74) is 0.0495. The van der Waals surface area contributed by atoms with Crippen LogP contribution in [0.2, 0.25) is 0 Å². The Bertz CT molecular complexity index is 730. The van der Waals surface area contributed by atoms with Crippen molar-refractivity contribution >= 4 is 28.4 Å². The summed E-state index contributed by atoms with van der Waals surface area (Å²) in [5.74, 6) is 0.800. The summed E-state index contributed by atoms with van der Waals surface area (Å²) >= 11 is 0. The molecule has 7 nitrogen and oxygen atoms in total. The number of nitrogens with zero attached hydrogens (tertiary/aromatic N) is 3. The predicted molar refractivity (Wildman–Crippen MR) is 98.6 cm³/mol. The highest BCUT2D eigenvalue weighted by molar-refractivity contribution is 7.88. The van der Waals surface area contributed by atoms with E-state index in [0.717, 1.165) is 11.3 Å². The lowest BCUT2D eigenvalue weighted by Crippen LogP contribution is -2.51. The predicted octanol–water partition coefficient (Wildman–Crippen LogP) is 0.462. The molecule has 0 bridgehead atoms. The summed E-state index contributed by atoms with van der Waals surface area (Å²) in [6.45, 7) is 10.2. The molecule has 1 aromatic rings. The van der Waals surface area contributed by atoms with Crippen LogP contribution in [0.3, 0.4) is 0 Å². The summed E-state index contributed by atoms with van der Waals surface area (Å²) in [6, 6.07) is 3.84. The molecule has 25 heavy (non-hydrogen) atoms. The van der Waals surface area contributed by atoms with Crippen LogP contribution >= 0.6 is 0 Å². The Labute approximate surface area is 150 Å². The highest BCUT2D eigenvalue weighted by Crippen LogP contribution is 2.37. The van der Waals surface area contributed by atoms with Gasteiger partial charge in [-0.05, 0) is 33.8 Å². The van der Waals surface area contributed by atoms with Crippen molar-refractivity contribution in [2.45, 2.75) is 38.9 Å². The number of hydrogen-bond acceptors (Lipinski definition) is 6. The van der Waals surface area contributed by atoms with Crippen molar-refractivity contribution in [3.63, 3.8) is 0 Å². The molecule has 2 aliphatic rings. The zero-order valence-electron chi connectivity index (χ0n) is 15.5. The Hall–Kier alpha value is -1.16. The highest BCUT2D eigenvalue weighted by Gasteiger charge is 2.52. The number of piperazine rings is 1. The Morgan fingerprint density at radius 1 is 1.08 bits per heavy atom. The molecule has 138 valence electrons. The molecule has 0 spiro atoms. The van der Waals surface area contributed by atoms with Gasteiger partial charge in [0.1, 0.15) is 5.82 Å². The van der Waals surface area contributed by atoms with E-state index in [4.69, 9.17) is 9.31 Å². The van der Waals surface area contributed by atoms with Gasteiger partial charge in [-0.15, -0.1) is 0 Å². The van der Waals surface area contributed by atoms with Gasteiger partial charge in [0, 0.05) is 37.8 Å². The topological polar surface area (TPSA) is 72.0 Å². The summed E-state index contributed by atoms with van der Waals surface area (Å²) in [4.78, 5) is 6.63. The minimum atomic E-state index is -3.15. The van der Waals surface area contributed by atoms with Crippen molar-refractivity contribution in [3.8, 4) is 0 Å². The zero-order chi connectivity index (χ0) is 18.5. The maximum atomic E-state index is 11.7.